The Labute approximate surface area is 178 Å². The second-order valence-electron chi connectivity index (χ2n) is 7.05. The van der Waals surface area contributed by atoms with Crippen LogP contribution in [0.2, 0.25) is 0 Å². The van der Waals surface area contributed by atoms with E-state index in [9.17, 15) is 9.59 Å². The summed E-state index contributed by atoms with van der Waals surface area (Å²) in [5, 5.41) is 7.28. The molecule has 2 aromatic heterocycles. The Bertz CT molecular complexity index is 1120. The van der Waals surface area contributed by atoms with Crippen LogP contribution < -0.4 is 11.1 Å². The minimum atomic E-state index is -0.510. The molecule has 0 saturated heterocycles. The summed E-state index contributed by atoms with van der Waals surface area (Å²) in [5.74, 6) is 0.394. The highest BCUT2D eigenvalue weighted by Crippen LogP contribution is 2.33. The zero-order valence-electron chi connectivity index (χ0n) is 17.0. The van der Waals surface area contributed by atoms with Crippen LogP contribution in [-0.4, -0.2) is 50.1 Å². The van der Waals surface area contributed by atoms with Gasteiger partial charge in [0, 0.05) is 35.9 Å². The first kappa shape index (κ1) is 20.4. The lowest BCUT2D eigenvalue weighted by Gasteiger charge is -2.15. The summed E-state index contributed by atoms with van der Waals surface area (Å²) in [4.78, 5) is 30.3. The van der Waals surface area contributed by atoms with Crippen molar-refractivity contribution in [3.05, 3.63) is 35.2 Å². The average molecular weight is 429 g/mol. The summed E-state index contributed by atoms with van der Waals surface area (Å²) >= 11 is 1.59. The predicted molar refractivity (Wildman–Crippen MR) is 115 cm³/mol. The molecule has 1 aliphatic heterocycles. The standard InChI is InChI=1S/C20H24N6O3S/c1-3-26-15(9-12(2)24-26)19(28)23-20-22-14-10-13(18(21)27)11-16-17(14)25(20)5-4-6-29-7-8-30-16/h9-11H,3-8H2,1-2H3,(H2,21,27)(H,22,23,28). The van der Waals surface area contributed by atoms with Gasteiger partial charge in [-0.05, 0) is 38.5 Å². The maximum Gasteiger partial charge on any atom is 0.276 e. The highest BCUT2D eigenvalue weighted by atomic mass is 32.2. The summed E-state index contributed by atoms with van der Waals surface area (Å²) in [7, 11) is 0. The first-order valence-corrected chi connectivity index (χ1v) is 10.9. The summed E-state index contributed by atoms with van der Waals surface area (Å²) < 4.78 is 9.30. The first-order valence-electron chi connectivity index (χ1n) is 9.88. The van der Waals surface area contributed by atoms with Crippen LogP contribution in [0.3, 0.4) is 0 Å². The van der Waals surface area contributed by atoms with Crippen molar-refractivity contribution in [3.8, 4) is 0 Å². The predicted octanol–water partition coefficient (Wildman–Crippen LogP) is 2.42. The van der Waals surface area contributed by atoms with Crippen molar-refractivity contribution in [2.24, 2.45) is 5.73 Å². The maximum absolute atomic E-state index is 13.0. The molecule has 0 bridgehead atoms. The van der Waals surface area contributed by atoms with Crippen LogP contribution in [0.4, 0.5) is 5.95 Å². The van der Waals surface area contributed by atoms with Crippen molar-refractivity contribution in [1.29, 1.82) is 0 Å². The first-order chi connectivity index (χ1) is 14.5. The normalized spacial score (nSPS) is 14.6. The van der Waals surface area contributed by atoms with Crippen molar-refractivity contribution < 1.29 is 14.3 Å². The molecule has 4 rings (SSSR count). The number of rotatable bonds is 4. The van der Waals surface area contributed by atoms with Gasteiger partial charge in [0.1, 0.15) is 5.69 Å². The highest BCUT2D eigenvalue weighted by Gasteiger charge is 2.21. The third-order valence-corrected chi connectivity index (χ3v) is 5.90. The molecule has 1 aromatic carbocycles. The number of nitrogens with zero attached hydrogens (tertiary/aromatic N) is 4. The van der Waals surface area contributed by atoms with Gasteiger partial charge >= 0.3 is 0 Å². The highest BCUT2D eigenvalue weighted by molar-refractivity contribution is 7.99. The molecule has 3 aromatic rings. The molecule has 0 radical (unpaired) electrons. The summed E-state index contributed by atoms with van der Waals surface area (Å²) in [6.07, 6.45) is 0.780. The molecule has 0 fully saturated rings. The molecular formula is C20H24N6O3S. The van der Waals surface area contributed by atoms with Gasteiger partial charge < -0.3 is 15.0 Å². The number of primary amides is 1. The largest absolute Gasteiger partial charge is 0.381 e. The van der Waals surface area contributed by atoms with Gasteiger partial charge in [-0.2, -0.15) is 5.10 Å². The lowest BCUT2D eigenvalue weighted by Crippen LogP contribution is -2.20. The Morgan fingerprint density at radius 1 is 1.30 bits per heavy atom. The van der Waals surface area contributed by atoms with E-state index < -0.39 is 5.91 Å². The average Bonchev–Trinajstić information content (AvgIpc) is 3.27. The molecule has 0 saturated carbocycles. The van der Waals surface area contributed by atoms with Crippen LogP contribution in [0.25, 0.3) is 11.0 Å². The van der Waals surface area contributed by atoms with Gasteiger partial charge in [0.2, 0.25) is 11.9 Å². The number of nitrogens with two attached hydrogens (primary N) is 1. The van der Waals surface area contributed by atoms with E-state index in [4.69, 9.17) is 10.5 Å². The summed E-state index contributed by atoms with van der Waals surface area (Å²) in [6, 6.07) is 5.22. The third-order valence-electron chi connectivity index (χ3n) is 4.91. The Morgan fingerprint density at radius 3 is 2.90 bits per heavy atom. The van der Waals surface area contributed by atoms with E-state index >= 15 is 0 Å². The SMILES string of the molecule is CCn1nc(C)cc1C(=O)Nc1nc2cc(C(N)=O)cc3c2n1CCCOCCS3. The van der Waals surface area contributed by atoms with E-state index in [-0.39, 0.29) is 5.91 Å². The van der Waals surface area contributed by atoms with Crippen LogP contribution >= 0.6 is 11.8 Å². The van der Waals surface area contributed by atoms with Crippen molar-refractivity contribution in [3.63, 3.8) is 0 Å². The number of carbonyl (C=O) groups excluding carboxylic acids is 2. The monoisotopic (exact) mass is 428 g/mol. The number of hydrogen-bond acceptors (Lipinski definition) is 6. The zero-order chi connectivity index (χ0) is 21.3. The maximum atomic E-state index is 13.0. The quantitative estimate of drug-likeness (QED) is 0.659. The molecule has 158 valence electrons. The number of aryl methyl sites for hydroxylation is 3. The number of nitrogens with one attached hydrogen (secondary N) is 1. The molecule has 30 heavy (non-hydrogen) atoms. The Kier molecular flexibility index (Phi) is 5.78. The topological polar surface area (TPSA) is 117 Å². The lowest BCUT2D eigenvalue weighted by atomic mass is 10.2. The molecular weight excluding hydrogens is 404 g/mol. The van der Waals surface area contributed by atoms with Crippen LogP contribution in [0.5, 0.6) is 0 Å². The number of ether oxygens (including phenoxy) is 1. The van der Waals surface area contributed by atoms with E-state index in [1.165, 1.54) is 0 Å². The number of amides is 2. The Hall–Kier alpha value is -2.85. The molecule has 0 unspecified atom stereocenters. The number of carbonyl (C=O) groups is 2. The second kappa shape index (κ2) is 8.49. The minimum absolute atomic E-state index is 0.276. The molecule has 0 aliphatic carbocycles. The molecule has 9 nitrogen and oxygen atoms in total. The van der Waals surface area contributed by atoms with Crippen molar-refractivity contribution in [2.45, 2.75) is 38.3 Å². The number of aromatic nitrogens is 4. The van der Waals surface area contributed by atoms with Gasteiger partial charge in [-0.3, -0.25) is 19.6 Å². The van der Waals surface area contributed by atoms with Gasteiger partial charge in [0.25, 0.3) is 5.91 Å². The number of benzene rings is 1. The van der Waals surface area contributed by atoms with E-state index in [0.717, 1.165) is 28.3 Å². The van der Waals surface area contributed by atoms with Crippen LogP contribution in [0.1, 0.15) is 39.9 Å². The van der Waals surface area contributed by atoms with Gasteiger partial charge in [-0.25, -0.2) is 4.98 Å². The van der Waals surface area contributed by atoms with E-state index in [1.807, 2.05) is 18.4 Å². The summed E-state index contributed by atoms with van der Waals surface area (Å²) in [6.45, 7) is 6.27. The number of thioether (sulfide) groups is 1. The number of anilines is 1. The fourth-order valence-corrected chi connectivity index (χ4v) is 4.55. The molecule has 0 spiro atoms. The van der Waals surface area contributed by atoms with Crippen LogP contribution in [-0.2, 0) is 17.8 Å². The third kappa shape index (κ3) is 3.92. The fraction of sp³-hybridized carbons (Fsp3) is 0.400. The molecule has 3 N–H and O–H groups in total. The Morgan fingerprint density at radius 2 is 2.13 bits per heavy atom. The second-order valence-corrected chi connectivity index (χ2v) is 8.19. The number of hydrogen-bond donors (Lipinski definition) is 2. The van der Waals surface area contributed by atoms with E-state index in [2.05, 4.69) is 15.4 Å². The zero-order valence-corrected chi connectivity index (χ0v) is 17.8. The van der Waals surface area contributed by atoms with Gasteiger partial charge in [0.15, 0.2) is 0 Å². The summed E-state index contributed by atoms with van der Waals surface area (Å²) in [5.41, 5.74) is 8.69. The molecule has 2 amide bonds. The molecule has 1 aliphatic rings. The molecule has 10 heteroatoms. The van der Waals surface area contributed by atoms with Gasteiger partial charge in [0.05, 0.1) is 23.3 Å². The lowest BCUT2D eigenvalue weighted by molar-refractivity contribution is 0.0995. The van der Waals surface area contributed by atoms with Crippen molar-refractivity contribution in [1.82, 2.24) is 19.3 Å². The van der Waals surface area contributed by atoms with Gasteiger partial charge in [-0.1, -0.05) is 0 Å². The fourth-order valence-electron chi connectivity index (χ4n) is 3.57. The van der Waals surface area contributed by atoms with Crippen LogP contribution in [0, 0.1) is 6.92 Å². The Balaban J connectivity index is 1.80. The molecule has 0 atom stereocenters. The van der Waals surface area contributed by atoms with Crippen molar-refractivity contribution >= 4 is 40.6 Å². The van der Waals surface area contributed by atoms with Crippen LogP contribution in [0.15, 0.2) is 23.1 Å². The van der Waals surface area contributed by atoms with E-state index in [0.29, 0.717) is 49.0 Å². The minimum Gasteiger partial charge on any atom is -0.381 e. The smallest absolute Gasteiger partial charge is 0.276 e. The number of imidazole rings is 1. The molecule has 3 heterocycles. The van der Waals surface area contributed by atoms with Crippen molar-refractivity contribution in [2.75, 3.05) is 24.3 Å². The van der Waals surface area contributed by atoms with E-state index in [1.54, 1.807) is 34.6 Å². The van der Waals surface area contributed by atoms with Gasteiger partial charge in [-0.15, -0.1) is 11.8 Å².